The molecular formula is C15H24O. The summed E-state index contributed by atoms with van der Waals surface area (Å²) >= 11 is 0. The molecule has 0 amide bonds. The Labute approximate surface area is 99.5 Å². The number of hydrogen-bond acceptors (Lipinski definition) is 1. The molecule has 0 heterocycles. The van der Waals surface area contributed by atoms with E-state index in [1.165, 1.54) is 12.8 Å². The number of rotatable bonds is 6. The van der Waals surface area contributed by atoms with Gasteiger partial charge in [-0.3, -0.25) is 0 Å². The fourth-order valence-corrected chi connectivity index (χ4v) is 2.39. The van der Waals surface area contributed by atoms with Crippen molar-refractivity contribution in [2.75, 3.05) is 0 Å². The van der Waals surface area contributed by atoms with Crippen LogP contribution in [0.5, 0.6) is 0 Å². The molecular weight excluding hydrogens is 196 g/mol. The van der Waals surface area contributed by atoms with E-state index < -0.39 is 5.60 Å². The molecule has 2 unspecified atom stereocenters. The van der Waals surface area contributed by atoms with E-state index in [2.05, 4.69) is 20.8 Å². The molecule has 1 aromatic carbocycles. The van der Waals surface area contributed by atoms with Crippen LogP contribution in [0.4, 0.5) is 0 Å². The molecule has 16 heavy (non-hydrogen) atoms. The smallest absolute Gasteiger partial charge is 0.0896 e. The van der Waals surface area contributed by atoms with E-state index >= 15 is 0 Å². The summed E-state index contributed by atoms with van der Waals surface area (Å²) in [6.07, 6.45) is 4.03. The van der Waals surface area contributed by atoms with Gasteiger partial charge >= 0.3 is 0 Å². The van der Waals surface area contributed by atoms with E-state index in [1.54, 1.807) is 0 Å². The summed E-state index contributed by atoms with van der Waals surface area (Å²) < 4.78 is 0. The van der Waals surface area contributed by atoms with Crippen LogP contribution in [-0.2, 0) is 5.60 Å². The molecule has 0 spiro atoms. The molecule has 0 saturated heterocycles. The summed E-state index contributed by atoms with van der Waals surface area (Å²) in [5, 5.41) is 10.7. The lowest BCUT2D eigenvalue weighted by Crippen LogP contribution is -2.27. The molecule has 1 N–H and O–H groups in total. The van der Waals surface area contributed by atoms with Crippen LogP contribution in [0.2, 0.25) is 0 Å². The Kier molecular flexibility index (Phi) is 5.01. The molecule has 0 fully saturated rings. The largest absolute Gasteiger partial charge is 0.385 e. The minimum atomic E-state index is -0.643. The van der Waals surface area contributed by atoms with Gasteiger partial charge < -0.3 is 5.11 Å². The lowest BCUT2D eigenvalue weighted by Gasteiger charge is -2.30. The number of hydrogen-bond donors (Lipinski definition) is 1. The Hall–Kier alpha value is -0.820. The second kappa shape index (κ2) is 6.05. The minimum Gasteiger partial charge on any atom is -0.385 e. The zero-order chi connectivity index (χ0) is 12.0. The molecule has 0 saturated carbocycles. The first-order valence-corrected chi connectivity index (χ1v) is 6.40. The average molecular weight is 220 g/mol. The Bertz CT molecular complexity index is 294. The van der Waals surface area contributed by atoms with Gasteiger partial charge in [0.2, 0.25) is 0 Å². The first-order chi connectivity index (χ1) is 7.62. The van der Waals surface area contributed by atoms with Crippen molar-refractivity contribution in [2.45, 2.75) is 52.1 Å². The SMILES string of the molecule is CCCC(C)CC(O)(CC)c1ccccc1. The second-order valence-electron chi connectivity index (χ2n) is 4.85. The second-order valence-corrected chi connectivity index (χ2v) is 4.85. The Balaban J connectivity index is 2.78. The maximum Gasteiger partial charge on any atom is 0.0896 e. The van der Waals surface area contributed by atoms with Crippen molar-refractivity contribution >= 4 is 0 Å². The minimum absolute atomic E-state index is 0.579. The van der Waals surface area contributed by atoms with Crippen molar-refractivity contribution in [2.24, 2.45) is 5.92 Å². The van der Waals surface area contributed by atoms with Gasteiger partial charge in [0.25, 0.3) is 0 Å². The standard InChI is InChI=1S/C15H24O/c1-4-9-13(3)12-15(16,5-2)14-10-7-6-8-11-14/h6-8,10-11,13,16H,4-5,9,12H2,1-3H3. The molecule has 1 rings (SSSR count). The quantitative estimate of drug-likeness (QED) is 0.765. The third-order valence-electron chi connectivity index (χ3n) is 3.36. The first-order valence-electron chi connectivity index (χ1n) is 6.40. The third kappa shape index (κ3) is 3.34. The van der Waals surface area contributed by atoms with Crippen molar-refractivity contribution in [1.82, 2.24) is 0 Å². The molecule has 1 aromatic rings. The van der Waals surface area contributed by atoms with E-state index in [9.17, 15) is 5.11 Å². The highest BCUT2D eigenvalue weighted by atomic mass is 16.3. The summed E-state index contributed by atoms with van der Waals surface area (Å²) in [6, 6.07) is 10.1. The molecule has 2 atom stereocenters. The number of aliphatic hydroxyl groups is 1. The van der Waals surface area contributed by atoms with Crippen molar-refractivity contribution in [3.05, 3.63) is 35.9 Å². The van der Waals surface area contributed by atoms with Crippen LogP contribution in [0.1, 0.15) is 52.0 Å². The summed E-state index contributed by atoms with van der Waals surface area (Å²) in [4.78, 5) is 0. The molecule has 1 heteroatoms. The lowest BCUT2D eigenvalue weighted by atomic mass is 9.82. The predicted octanol–water partition coefficient (Wildman–Crippen LogP) is 4.11. The van der Waals surface area contributed by atoms with E-state index in [0.29, 0.717) is 5.92 Å². The molecule has 0 bridgehead atoms. The first kappa shape index (κ1) is 13.2. The maximum absolute atomic E-state index is 10.7. The van der Waals surface area contributed by atoms with Crippen molar-refractivity contribution in [1.29, 1.82) is 0 Å². The predicted molar refractivity (Wildman–Crippen MR) is 69.3 cm³/mol. The van der Waals surface area contributed by atoms with Gasteiger partial charge in [-0.15, -0.1) is 0 Å². The highest BCUT2D eigenvalue weighted by molar-refractivity contribution is 5.22. The Morgan fingerprint density at radius 3 is 2.31 bits per heavy atom. The Morgan fingerprint density at radius 1 is 1.19 bits per heavy atom. The number of benzene rings is 1. The molecule has 0 aliphatic heterocycles. The molecule has 0 radical (unpaired) electrons. The van der Waals surface area contributed by atoms with E-state index in [0.717, 1.165) is 18.4 Å². The molecule has 1 nitrogen and oxygen atoms in total. The summed E-state index contributed by atoms with van der Waals surface area (Å²) in [5.74, 6) is 0.579. The zero-order valence-electron chi connectivity index (χ0n) is 10.7. The fraction of sp³-hybridized carbons (Fsp3) is 0.600. The van der Waals surface area contributed by atoms with E-state index in [1.807, 2.05) is 30.3 Å². The van der Waals surface area contributed by atoms with Gasteiger partial charge in [-0.2, -0.15) is 0 Å². The summed E-state index contributed by atoms with van der Waals surface area (Å²) in [5.41, 5.74) is 0.413. The summed E-state index contributed by atoms with van der Waals surface area (Å²) in [7, 11) is 0. The van der Waals surface area contributed by atoms with Crippen LogP contribution >= 0.6 is 0 Å². The molecule has 0 aromatic heterocycles. The monoisotopic (exact) mass is 220 g/mol. The molecule has 90 valence electrons. The molecule has 0 aliphatic carbocycles. The average Bonchev–Trinajstić information content (AvgIpc) is 2.30. The van der Waals surface area contributed by atoms with Crippen LogP contribution in [-0.4, -0.2) is 5.11 Å². The van der Waals surface area contributed by atoms with Crippen LogP contribution in [0.15, 0.2) is 30.3 Å². The van der Waals surface area contributed by atoms with Gasteiger partial charge in [0.1, 0.15) is 0 Å². The maximum atomic E-state index is 10.7. The normalized spacial score (nSPS) is 16.8. The Morgan fingerprint density at radius 2 is 1.81 bits per heavy atom. The third-order valence-corrected chi connectivity index (χ3v) is 3.36. The fourth-order valence-electron chi connectivity index (χ4n) is 2.39. The highest BCUT2D eigenvalue weighted by Gasteiger charge is 2.28. The highest BCUT2D eigenvalue weighted by Crippen LogP contribution is 2.33. The van der Waals surface area contributed by atoms with E-state index in [4.69, 9.17) is 0 Å². The van der Waals surface area contributed by atoms with Gasteiger partial charge in [0.05, 0.1) is 5.60 Å². The van der Waals surface area contributed by atoms with Gasteiger partial charge in [-0.25, -0.2) is 0 Å². The van der Waals surface area contributed by atoms with Crippen LogP contribution < -0.4 is 0 Å². The topological polar surface area (TPSA) is 20.2 Å². The summed E-state index contributed by atoms with van der Waals surface area (Å²) in [6.45, 7) is 6.49. The van der Waals surface area contributed by atoms with Crippen LogP contribution in [0.3, 0.4) is 0 Å². The van der Waals surface area contributed by atoms with Crippen LogP contribution in [0.25, 0.3) is 0 Å². The van der Waals surface area contributed by atoms with Gasteiger partial charge in [-0.1, -0.05) is 63.9 Å². The lowest BCUT2D eigenvalue weighted by molar-refractivity contribution is 0.00803. The van der Waals surface area contributed by atoms with Crippen molar-refractivity contribution in [3.63, 3.8) is 0 Å². The van der Waals surface area contributed by atoms with Gasteiger partial charge in [0.15, 0.2) is 0 Å². The van der Waals surface area contributed by atoms with E-state index in [-0.39, 0.29) is 0 Å². The van der Waals surface area contributed by atoms with Crippen molar-refractivity contribution < 1.29 is 5.11 Å². The molecule has 0 aliphatic rings. The van der Waals surface area contributed by atoms with Crippen molar-refractivity contribution in [3.8, 4) is 0 Å². The zero-order valence-corrected chi connectivity index (χ0v) is 10.7. The van der Waals surface area contributed by atoms with Gasteiger partial charge in [-0.05, 0) is 24.3 Å². The van der Waals surface area contributed by atoms with Crippen LogP contribution in [0, 0.1) is 5.92 Å². The van der Waals surface area contributed by atoms with Gasteiger partial charge in [0, 0.05) is 0 Å².